The average molecular weight is 439 g/mol. The molecule has 2 rings (SSSR count). The Morgan fingerprint density at radius 1 is 0.903 bits per heavy atom. The van der Waals surface area contributed by atoms with Gasteiger partial charge in [-0.15, -0.1) is 0 Å². The molecule has 6 nitrogen and oxygen atoms in total. The lowest BCUT2D eigenvalue weighted by molar-refractivity contribution is -0.154. The minimum absolute atomic E-state index is 0.138. The first kappa shape index (κ1) is 26.0. The van der Waals surface area contributed by atoms with Crippen LogP contribution in [0, 0.1) is 17.8 Å². The summed E-state index contributed by atoms with van der Waals surface area (Å²) < 4.78 is 11.0. The fourth-order valence-electron chi connectivity index (χ4n) is 4.80. The summed E-state index contributed by atoms with van der Waals surface area (Å²) in [5.41, 5.74) is -0.889. The summed E-state index contributed by atoms with van der Waals surface area (Å²) >= 11 is 0. The molecule has 180 valence electrons. The smallest absolute Gasteiger partial charge is 0.410 e. The highest BCUT2D eigenvalue weighted by molar-refractivity contribution is 5.69. The van der Waals surface area contributed by atoms with E-state index in [0.29, 0.717) is 18.3 Å². The maximum atomic E-state index is 12.6. The molecule has 1 N–H and O–H groups in total. The Hall–Kier alpha value is -1.30. The molecule has 1 saturated carbocycles. The SMILES string of the molecule is CC(C)(C)OC(=O)CCCNCC1CN(C(=O)OC(C)(C)C)C[C@H]1CC1CCCCC1. The molecular formula is C25H46N2O4. The number of carbonyl (C=O) groups is 2. The predicted molar refractivity (Wildman–Crippen MR) is 124 cm³/mol. The van der Waals surface area contributed by atoms with Crippen molar-refractivity contribution < 1.29 is 19.1 Å². The number of nitrogens with one attached hydrogen (secondary N) is 1. The molecule has 2 fully saturated rings. The Morgan fingerprint density at radius 2 is 1.52 bits per heavy atom. The molecule has 2 atom stereocenters. The lowest BCUT2D eigenvalue weighted by atomic mass is 9.79. The number of carbonyl (C=O) groups excluding carboxylic acids is 2. The number of nitrogens with zero attached hydrogens (tertiary/aromatic N) is 1. The van der Waals surface area contributed by atoms with E-state index in [1.54, 1.807) is 0 Å². The van der Waals surface area contributed by atoms with E-state index in [4.69, 9.17) is 9.47 Å². The van der Waals surface area contributed by atoms with Gasteiger partial charge in [-0.05, 0) is 85.2 Å². The van der Waals surface area contributed by atoms with E-state index in [0.717, 1.165) is 38.5 Å². The summed E-state index contributed by atoms with van der Waals surface area (Å²) in [6, 6.07) is 0. The number of hydrogen-bond acceptors (Lipinski definition) is 5. The number of esters is 1. The van der Waals surface area contributed by atoms with Gasteiger partial charge in [0.05, 0.1) is 0 Å². The van der Waals surface area contributed by atoms with Gasteiger partial charge in [0.1, 0.15) is 11.2 Å². The summed E-state index contributed by atoms with van der Waals surface area (Å²) in [6.45, 7) is 14.7. The molecule has 1 aliphatic heterocycles. The third-order valence-corrected chi connectivity index (χ3v) is 6.15. The number of rotatable bonds is 8. The van der Waals surface area contributed by atoms with Gasteiger partial charge in [0.25, 0.3) is 0 Å². The largest absolute Gasteiger partial charge is 0.460 e. The van der Waals surface area contributed by atoms with Crippen LogP contribution in [0.4, 0.5) is 4.79 Å². The van der Waals surface area contributed by atoms with E-state index >= 15 is 0 Å². The minimum Gasteiger partial charge on any atom is -0.460 e. The van der Waals surface area contributed by atoms with Crippen LogP contribution in [0.15, 0.2) is 0 Å². The second-order valence-corrected chi connectivity index (χ2v) is 11.5. The normalized spacial score (nSPS) is 23.1. The maximum absolute atomic E-state index is 12.6. The third kappa shape index (κ3) is 10.2. The zero-order valence-corrected chi connectivity index (χ0v) is 20.8. The zero-order chi connectivity index (χ0) is 23.1. The third-order valence-electron chi connectivity index (χ3n) is 6.15. The van der Waals surface area contributed by atoms with Crippen LogP contribution >= 0.6 is 0 Å². The molecule has 0 radical (unpaired) electrons. The molecule has 6 heteroatoms. The van der Waals surface area contributed by atoms with E-state index in [1.807, 2.05) is 46.4 Å². The molecule has 0 aromatic rings. The molecule has 1 saturated heterocycles. The second kappa shape index (κ2) is 11.5. The maximum Gasteiger partial charge on any atom is 0.410 e. The molecule has 1 heterocycles. The molecule has 0 aromatic carbocycles. The van der Waals surface area contributed by atoms with E-state index < -0.39 is 11.2 Å². The van der Waals surface area contributed by atoms with Crippen molar-refractivity contribution in [2.24, 2.45) is 17.8 Å². The second-order valence-electron chi connectivity index (χ2n) is 11.5. The number of likely N-dealkylation sites (tertiary alicyclic amines) is 1. The van der Waals surface area contributed by atoms with Crippen LogP contribution < -0.4 is 5.32 Å². The first-order valence-corrected chi connectivity index (χ1v) is 12.3. The molecule has 31 heavy (non-hydrogen) atoms. The summed E-state index contributed by atoms with van der Waals surface area (Å²) in [5, 5.41) is 3.53. The van der Waals surface area contributed by atoms with Crippen molar-refractivity contribution in [1.29, 1.82) is 0 Å². The van der Waals surface area contributed by atoms with Gasteiger partial charge in [0.2, 0.25) is 0 Å². The van der Waals surface area contributed by atoms with Crippen molar-refractivity contribution in [2.75, 3.05) is 26.2 Å². The van der Waals surface area contributed by atoms with Gasteiger partial charge >= 0.3 is 12.1 Å². The lowest BCUT2D eigenvalue weighted by Gasteiger charge is -2.27. The standard InChI is InChI=1S/C25H46N2O4/c1-24(2,3)30-22(28)13-10-14-26-16-21-18-27(23(29)31-25(4,5)6)17-20(21)15-19-11-8-7-9-12-19/h19-21,26H,7-18H2,1-6H3/t20-,21?/m1/s1. The number of hydrogen-bond donors (Lipinski definition) is 1. The summed E-state index contributed by atoms with van der Waals surface area (Å²) in [6.07, 6.45) is 8.96. The van der Waals surface area contributed by atoms with Crippen LogP contribution in [-0.4, -0.2) is 54.3 Å². The van der Waals surface area contributed by atoms with Crippen LogP contribution in [0.3, 0.4) is 0 Å². The highest BCUT2D eigenvalue weighted by atomic mass is 16.6. The Bertz CT molecular complexity index is 573. The number of amides is 1. The van der Waals surface area contributed by atoms with Crippen LogP contribution in [0.1, 0.15) is 92.9 Å². The summed E-state index contributed by atoms with van der Waals surface area (Å²) in [7, 11) is 0. The van der Waals surface area contributed by atoms with Gasteiger partial charge in [0.15, 0.2) is 0 Å². The highest BCUT2D eigenvalue weighted by Gasteiger charge is 2.38. The van der Waals surface area contributed by atoms with Crippen molar-refractivity contribution in [3.8, 4) is 0 Å². The monoisotopic (exact) mass is 438 g/mol. The lowest BCUT2D eigenvalue weighted by Crippen LogP contribution is -2.36. The van der Waals surface area contributed by atoms with Crippen molar-refractivity contribution in [3.05, 3.63) is 0 Å². The van der Waals surface area contributed by atoms with Crippen molar-refractivity contribution in [1.82, 2.24) is 10.2 Å². The fraction of sp³-hybridized carbons (Fsp3) is 0.920. The molecule has 1 aliphatic carbocycles. The van der Waals surface area contributed by atoms with Crippen LogP contribution in [-0.2, 0) is 14.3 Å². The van der Waals surface area contributed by atoms with Gasteiger partial charge in [-0.3, -0.25) is 4.79 Å². The van der Waals surface area contributed by atoms with Crippen LogP contribution in [0.25, 0.3) is 0 Å². The van der Waals surface area contributed by atoms with Gasteiger partial charge in [-0.1, -0.05) is 32.1 Å². The molecule has 0 bridgehead atoms. The highest BCUT2D eigenvalue weighted by Crippen LogP contribution is 2.35. The Balaban J connectivity index is 1.82. The topological polar surface area (TPSA) is 67.9 Å². The van der Waals surface area contributed by atoms with Gasteiger partial charge < -0.3 is 19.7 Å². The van der Waals surface area contributed by atoms with Gasteiger partial charge in [-0.25, -0.2) is 4.79 Å². The molecule has 2 aliphatic rings. The Labute approximate surface area is 189 Å². The molecule has 0 spiro atoms. The molecule has 1 unspecified atom stereocenters. The van der Waals surface area contributed by atoms with Crippen molar-refractivity contribution >= 4 is 12.1 Å². The number of ether oxygens (including phenoxy) is 2. The Morgan fingerprint density at radius 3 is 2.13 bits per heavy atom. The first-order valence-electron chi connectivity index (χ1n) is 12.3. The van der Waals surface area contributed by atoms with E-state index in [9.17, 15) is 9.59 Å². The predicted octanol–water partition coefficient (Wildman–Crippen LogP) is 5.15. The Kier molecular flexibility index (Phi) is 9.66. The van der Waals surface area contributed by atoms with Gasteiger partial charge in [0, 0.05) is 19.5 Å². The summed E-state index contributed by atoms with van der Waals surface area (Å²) in [5.74, 6) is 1.62. The van der Waals surface area contributed by atoms with Crippen molar-refractivity contribution in [2.45, 2.75) is 104 Å². The van der Waals surface area contributed by atoms with E-state index in [-0.39, 0.29) is 12.1 Å². The average Bonchev–Trinajstić information content (AvgIpc) is 3.02. The molecular weight excluding hydrogens is 392 g/mol. The molecule has 0 aromatic heterocycles. The zero-order valence-electron chi connectivity index (χ0n) is 20.8. The van der Waals surface area contributed by atoms with Gasteiger partial charge in [-0.2, -0.15) is 0 Å². The van der Waals surface area contributed by atoms with E-state index in [2.05, 4.69) is 5.32 Å². The van der Waals surface area contributed by atoms with Crippen LogP contribution in [0.2, 0.25) is 0 Å². The fourth-order valence-corrected chi connectivity index (χ4v) is 4.80. The quantitative estimate of drug-likeness (QED) is 0.419. The molecule has 1 amide bonds. The first-order chi connectivity index (χ1) is 14.4. The minimum atomic E-state index is -0.464. The van der Waals surface area contributed by atoms with E-state index in [1.165, 1.54) is 38.5 Å². The summed E-state index contributed by atoms with van der Waals surface area (Å²) in [4.78, 5) is 26.4. The van der Waals surface area contributed by atoms with Crippen LogP contribution in [0.5, 0.6) is 0 Å². The van der Waals surface area contributed by atoms with Crippen molar-refractivity contribution in [3.63, 3.8) is 0 Å².